The molecular formula is C21H28F2IN5O3S. The molecule has 2 saturated heterocycles. The van der Waals surface area contributed by atoms with Gasteiger partial charge in [0, 0.05) is 73.0 Å². The SMILES string of the molecule is CS(=O)c1cc(F)c(N2CCC(=N)CC2)cc1F.O.OC1CCN(c2ncc(I)cn2)CC1. The first-order valence-electron chi connectivity index (χ1n) is 10.3. The number of anilines is 2. The van der Waals surface area contributed by atoms with Gasteiger partial charge >= 0.3 is 0 Å². The van der Waals surface area contributed by atoms with Crippen LogP contribution in [0.2, 0.25) is 0 Å². The highest BCUT2D eigenvalue weighted by atomic mass is 127. The van der Waals surface area contributed by atoms with E-state index in [1.807, 2.05) is 12.4 Å². The number of piperidine rings is 2. The highest BCUT2D eigenvalue weighted by molar-refractivity contribution is 14.1. The predicted molar refractivity (Wildman–Crippen MR) is 134 cm³/mol. The number of hydrogen-bond acceptors (Lipinski definition) is 7. The minimum absolute atomic E-state index is 0. The van der Waals surface area contributed by atoms with Gasteiger partial charge in [-0.1, -0.05) is 0 Å². The minimum atomic E-state index is -1.54. The second-order valence-electron chi connectivity index (χ2n) is 7.70. The van der Waals surface area contributed by atoms with Gasteiger partial charge in [0.05, 0.1) is 27.5 Å². The summed E-state index contributed by atoms with van der Waals surface area (Å²) in [5, 5.41) is 16.8. The lowest BCUT2D eigenvalue weighted by atomic mass is 10.1. The molecular weight excluding hydrogens is 567 g/mol. The summed E-state index contributed by atoms with van der Waals surface area (Å²) < 4.78 is 39.8. The van der Waals surface area contributed by atoms with E-state index in [2.05, 4.69) is 37.5 Å². The first-order valence-corrected chi connectivity index (χ1v) is 12.9. The van der Waals surface area contributed by atoms with E-state index < -0.39 is 22.4 Å². The normalized spacial score (nSPS) is 17.7. The van der Waals surface area contributed by atoms with Crippen LogP contribution in [0, 0.1) is 20.6 Å². The van der Waals surface area contributed by atoms with Crippen LogP contribution in [0.3, 0.4) is 0 Å². The molecule has 12 heteroatoms. The van der Waals surface area contributed by atoms with Crippen LogP contribution < -0.4 is 9.80 Å². The smallest absolute Gasteiger partial charge is 0.225 e. The largest absolute Gasteiger partial charge is 0.412 e. The maximum absolute atomic E-state index is 13.9. The van der Waals surface area contributed by atoms with Crippen molar-refractivity contribution in [3.63, 3.8) is 0 Å². The van der Waals surface area contributed by atoms with E-state index in [4.69, 9.17) is 5.41 Å². The van der Waals surface area contributed by atoms with E-state index in [0.29, 0.717) is 31.6 Å². The number of aliphatic hydroxyl groups excluding tert-OH is 1. The molecule has 2 aliphatic rings. The lowest BCUT2D eigenvalue weighted by Gasteiger charge is -2.29. The molecule has 2 aliphatic heterocycles. The number of nitrogens with one attached hydrogen (secondary N) is 1. The van der Waals surface area contributed by atoms with Gasteiger partial charge in [-0.2, -0.15) is 0 Å². The molecule has 0 bridgehead atoms. The number of nitrogens with zero attached hydrogens (tertiary/aromatic N) is 4. The molecule has 33 heavy (non-hydrogen) atoms. The minimum Gasteiger partial charge on any atom is -0.412 e. The average molecular weight is 595 g/mol. The Labute approximate surface area is 207 Å². The van der Waals surface area contributed by atoms with Crippen molar-refractivity contribution in [2.24, 2.45) is 0 Å². The predicted octanol–water partition coefficient (Wildman–Crippen LogP) is 2.54. The zero-order chi connectivity index (χ0) is 23.3. The maximum Gasteiger partial charge on any atom is 0.225 e. The molecule has 1 atom stereocenters. The topological polar surface area (TPSA) is 125 Å². The van der Waals surface area contributed by atoms with Gasteiger partial charge in [0.15, 0.2) is 0 Å². The number of aromatic nitrogens is 2. The zero-order valence-electron chi connectivity index (χ0n) is 18.2. The third-order valence-electron chi connectivity index (χ3n) is 5.37. The second kappa shape index (κ2) is 12.6. The molecule has 4 N–H and O–H groups in total. The van der Waals surface area contributed by atoms with Gasteiger partial charge in [-0.3, -0.25) is 4.21 Å². The molecule has 2 aromatic rings. The third kappa shape index (κ3) is 7.62. The van der Waals surface area contributed by atoms with Crippen LogP contribution in [0.15, 0.2) is 29.4 Å². The highest BCUT2D eigenvalue weighted by Crippen LogP contribution is 2.26. The summed E-state index contributed by atoms with van der Waals surface area (Å²) in [5.41, 5.74) is 0.826. The molecule has 3 heterocycles. The third-order valence-corrected chi connectivity index (χ3v) is 6.86. The maximum atomic E-state index is 13.9. The van der Waals surface area contributed by atoms with E-state index in [-0.39, 0.29) is 22.2 Å². The monoisotopic (exact) mass is 595 g/mol. The fourth-order valence-electron chi connectivity index (χ4n) is 3.53. The van der Waals surface area contributed by atoms with E-state index in [1.165, 1.54) is 6.26 Å². The Morgan fingerprint density at radius 2 is 1.64 bits per heavy atom. The van der Waals surface area contributed by atoms with Crippen LogP contribution in [0.5, 0.6) is 0 Å². The Morgan fingerprint density at radius 1 is 1.06 bits per heavy atom. The summed E-state index contributed by atoms with van der Waals surface area (Å²) in [6.07, 6.45) is 7.58. The Hall–Kier alpha value is -1.77. The average Bonchev–Trinajstić information content (AvgIpc) is 2.77. The molecule has 2 fully saturated rings. The van der Waals surface area contributed by atoms with Crippen LogP contribution in [-0.2, 0) is 10.8 Å². The van der Waals surface area contributed by atoms with Crippen molar-refractivity contribution in [2.75, 3.05) is 42.2 Å². The molecule has 1 unspecified atom stereocenters. The van der Waals surface area contributed by atoms with E-state index >= 15 is 0 Å². The van der Waals surface area contributed by atoms with Gasteiger partial charge in [-0.25, -0.2) is 18.7 Å². The van der Waals surface area contributed by atoms with Crippen molar-refractivity contribution in [3.05, 3.63) is 39.7 Å². The van der Waals surface area contributed by atoms with Crippen molar-refractivity contribution in [2.45, 2.75) is 36.7 Å². The van der Waals surface area contributed by atoms with E-state index in [0.717, 1.165) is 47.6 Å². The highest BCUT2D eigenvalue weighted by Gasteiger charge is 2.21. The number of hydrogen-bond donors (Lipinski definition) is 2. The zero-order valence-corrected chi connectivity index (χ0v) is 21.2. The van der Waals surface area contributed by atoms with Crippen LogP contribution in [0.1, 0.15) is 25.7 Å². The van der Waals surface area contributed by atoms with Crippen LogP contribution in [0.4, 0.5) is 20.4 Å². The Bertz CT molecular complexity index is 965. The number of aliphatic hydroxyl groups is 1. The summed E-state index contributed by atoms with van der Waals surface area (Å²) in [4.78, 5) is 12.2. The van der Waals surface area contributed by atoms with Gasteiger partial charge in [-0.15, -0.1) is 0 Å². The van der Waals surface area contributed by atoms with E-state index in [9.17, 15) is 18.1 Å². The molecule has 0 saturated carbocycles. The summed E-state index contributed by atoms with van der Waals surface area (Å²) in [6, 6.07) is 2.10. The molecule has 1 aromatic carbocycles. The Kier molecular flexibility index (Phi) is 10.5. The molecule has 182 valence electrons. The number of halogens is 3. The summed E-state index contributed by atoms with van der Waals surface area (Å²) in [6.45, 7) is 2.73. The standard InChI is InChI=1S/C12H14F2N2OS.C9H12IN3O.H2O/c1-18(17)12-7-9(13)11(6-10(12)14)16-4-2-8(15)3-5-16;10-7-5-11-9(12-6-7)13-3-1-8(14)2-4-13;/h6-7,15H,2-5H2,1H3;5-6,8,14H,1-4H2;1H2. The molecule has 8 nitrogen and oxygen atoms in total. The van der Waals surface area contributed by atoms with Crippen LogP contribution in [0.25, 0.3) is 0 Å². The van der Waals surface area contributed by atoms with Gasteiger partial charge in [-0.05, 0) is 41.5 Å². The lowest BCUT2D eigenvalue weighted by Crippen LogP contribution is -2.36. The van der Waals surface area contributed by atoms with Gasteiger partial charge in [0.2, 0.25) is 5.95 Å². The summed E-state index contributed by atoms with van der Waals surface area (Å²) in [7, 11) is -1.54. The van der Waals surface area contributed by atoms with Crippen LogP contribution in [-0.4, -0.2) is 69.0 Å². The van der Waals surface area contributed by atoms with Gasteiger partial charge in [0.25, 0.3) is 0 Å². The fraction of sp³-hybridized carbons (Fsp3) is 0.476. The first kappa shape index (κ1) is 27.5. The quantitative estimate of drug-likeness (QED) is 0.526. The van der Waals surface area contributed by atoms with Gasteiger partial charge < -0.3 is 25.8 Å². The van der Waals surface area contributed by atoms with Gasteiger partial charge in [0.1, 0.15) is 11.6 Å². The Balaban J connectivity index is 0.000000233. The second-order valence-corrected chi connectivity index (χ2v) is 10.3. The Morgan fingerprint density at radius 3 is 2.18 bits per heavy atom. The molecule has 0 spiro atoms. The van der Waals surface area contributed by atoms with Crippen molar-refractivity contribution in [1.82, 2.24) is 9.97 Å². The van der Waals surface area contributed by atoms with Crippen LogP contribution >= 0.6 is 22.6 Å². The lowest BCUT2D eigenvalue weighted by molar-refractivity contribution is 0.145. The fourth-order valence-corrected chi connectivity index (χ4v) is 4.41. The first-order chi connectivity index (χ1) is 15.2. The summed E-state index contributed by atoms with van der Waals surface area (Å²) in [5.74, 6) is -0.430. The number of rotatable bonds is 3. The van der Waals surface area contributed by atoms with Crippen molar-refractivity contribution in [1.29, 1.82) is 5.41 Å². The number of benzene rings is 1. The molecule has 4 rings (SSSR count). The molecule has 0 aliphatic carbocycles. The van der Waals surface area contributed by atoms with E-state index in [1.54, 1.807) is 4.90 Å². The molecule has 0 amide bonds. The van der Waals surface area contributed by atoms with Crippen molar-refractivity contribution in [3.8, 4) is 0 Å². The van der Waals surface area contributed by atoms with Crippen molar-refractivity contribution >= 4 is 50.7 Å². The molecule has 1 aromatic heterocycles. The van der Waals surface area contributed by atoms with Crippen molar-refractivity contribution < 1.29 is 23.6 Å². The summed E-state index contributed by atoms with van der Waals surface area (Å²) >= 11 is 2.19. The molecule has 0 radical (unpaired) electrons.